The van der Waals surface area contributed by atoms with Gasteiger partial charge in [0, 0.05) is 27.6 Å². The number of rotatable bonds is 4. The van der Waals surface area contributed by atoms with E-state index in [1.807, 2.05) is 18.2 Å². The summed E-state index contributed by atoms with van der Waals surface area (Å²) in [7, 11) is 0. The SMILES string of the molecule is c1ccc(-c2nc3ccccc3n2-c2cccc(-c3ccc4cc(-c5c6ccccc6cc6c5oc5ccccc56)ccc4c3)c2)cc1. The van der Waals surface area contributed by atoms with Gasteiger partial charge in [-0.2, -0.15) is 0 Å². The van der Waals surface area contributed by atoms with E-state index in [1.165, 1.54) is 27.1 Å². The largest absolute Gasteiger partial charge is 0.455 e. The van der Waals surface area contributed by atoms with Crippen LogP contribution in [-0.2, 0) is 0 Å². The molecule has 48 heavy (non-hydrogen) atoms. The molecule has 0 aliphatic carbocycles. The van der Waals surface area contributed by atoms with Gasteiger partial charge < -0.3 is 4.42 Å². The predicted octanol–water partition coefficient (Wildman–Crippen LogP) is 12.2. The predicted molar refractivity (Wildman–Crippen MR) is 200 cm³/mol. The number of aromatic nitrogens is 2. The van der Waals surface area contributed by atoms with E-state index in [-0.39, 0.29) is 0 Å². The highest BCUT2D eigenvalue weighted by Crippen LogP contribution is 2.42. The fraction of sp³-hybridized carbons (Fsp3) is 0. The van der Waals surface area contributed by atoms with Gasteiger partial charge in [-0.25, -0.2) is 4.98 Å². The lowest BCUT2D eigenvalue weighted by molar-refractivity contribution is 0.670. The van der Waals surface area contributed by atoms with Crippen LogP contribution >= 0.6 is 0 Å². The number of imidazole rings is 1. The van der Waals surface area contributed by atoms with Gasteiger partial charge in [0.1, 0.15) is 17.0 Å². The molecule has 0 radical (unpaired) electrons. The average Bonchev–Trinajstić information content (AvgIpc) is 3.73. The Morgan fingerprint density at radius 2 is 1.12 bits per heavy atom. The number of benzene rings is 8. The summed E-state index contributed by atoms with van der Waals surface area (Å²) in [5, 5.41) is 7.08. The lowest BCUT2D eigenvalue weighted by Gasteiger charge is -2.13. The second kappa shape index (κ2) is 10.5. The number of para-hydroxylation sites is 3. The van der Waals surface area contributed by atoms with E-state index in [0.717, 1.165) is 66.7 Å². The number of fused-ring (bicyclic) bond motifs is 6. The summed E-state index contributed by atoms with van der Waals surface area (Å²) >= 11 is 0. The maximum atomic E-state index is 6.53. The van der Waals surface area contributed by atoms with E-state index in [0.29, 0.717) is 0 Å². The van der Waals surface area contributed by atoms with Gasteiger partial charge in [-0.3, -0.25) is 4.57 Å². The Hall–Kier alpha value is -6.45. The summed E-state index contributed by atoms with van der Waals surface area (Å²) in [6, 6.07) is 60.3. The summed E-state index contributed by atoms with van der Waals surface area (Å²) < 4.78 is 8.80. The van der Waals surface area contributed by atoms with Gasteiger partial charge in [-0.15, -0.1) is 0 Å². The first-order valence-corrected chi connectivity index (χ1v) is 16.3. The third-order valence-corrected chi connectivity index (χ3v) is 9.55. The molecule has 0 bridgehead atoms. The van der Waals surface area contributed by atoms with Crippen LogP contribution in [0.4, 0.5) is 0 Å². The Bertz CT molecular complexity index is 2840. The van der Waals surface area contributed by atoms with Crippen molar-refractivity contribution in [1.29, 1.82) is 0 Å². The van der Waals surface area contributed by atoms with Crippen LogP contribution in [0.25, 0.3) is 93.8 Å². The van der Waals surface area contributed by atoms with Gasteiger partial charge in [-0.1, -0.05) is 121 Å². The van der Waals surface area contributed by atoms with Crippen LogP contribution < -0.4 is 0 Å². The summed E-state index contributed by atoms with van der Waals surface area (Å²) in [4.78, 5) is 5.04. The van der Waals surface area contributed by atoms with E-state index in [9.17, 15) is 0 Å². The lowest BCUT2D eigenvalue weighted by atomic mass is 9.93. The molecule has 0 fully saturated rings. The van der Waals surface area contributed by atoms with Crippen LogP contribution in [0.3, 0.4) is 0 Å². The number of nitrogens with zero attached hydrogens (tertiary/aromatic N) is 2. The molecule has 2 heterocycles. The molecule has 2 aromatic heterocycles. The molecule has 0 spiro atoms. The highest BCUT2D eigenvalue weighted by Gasteiger charge is 2.17. The average molecular weight is 613 g/mol. The lowest BCUT2D eigenvalue weighted by Crippen LogP contribution is -1.98. The molecule has 0 unspecified atom stereocenters. The zero-order valence-electron chi connectivity index (χ0n) is 26.0. The van der Waals surface area contributed by atoms with Crippen molar-refractivity contribution in [3.05, 3.63) is 170 Å². The van der Waals surface area contributed by atoms with Crippen LogP contribution in [0, 0.1) is 0 Å². The van der Waals surface area contributed by atoms with Gasteiger partial charge in [0.05, 0.1) is 11.0 Å². The summed E-state index contributed by atoms with van der Waals surface area (Å²) in [6.07, 6.45) is 0. The monoisotopic (exact) mass is 612 g/mol. The van der Waals surface area contributed by atoms with E-state index in [2.05, 4.69) is 156 Å². The topological polar surface area (TPSA) is 31.0 Å². The van der Waals surface area contributed by atoms with Crippen molar-refractivity contribution in [2.75, 3.05) is 0 Å². The zero-order valence-corrected chi connectivity index (χ0v) is 26.0. The van der Waals surface area contributed by atoms with Crippen molar-refractivity contribution < 1.29 is 4.42 Å². The number of hydrogen-bond donors (Lipinski definition) is 0. The summed E-state index contributed by atoms with van der Waals surface area (Å²) in [5.74, 6) is 0.937. The van der Waals surface area contributed by atoms with Crippen LogP contribution in [0.5, 0.6) is 0 Å². The van der Waals surface area contributed by atoms with Gasteiger partial charge >= 0.3 is 0 Å². The van der Waals surface area contributed by atoms with Crippen molar-refractivity contribution in [2.45, 2.75) is 0 Å². The fourth-order valence-electron chi connectivity index (χ4n) is 7.28. The Morgan fingerprint density at radius 1 is 0.438 bits per heavy atom. The van der Waals surface area contributed by atoms with Gasteiger partial charge in [-0.05, 0) is 86.8 Å². The van der Waals surface area contributed by atoms with Gasteiger partial charge in [0.25, 0.3) is 0 Å². The van der Waals surface area contributed by atoms with Crippen molar-refractivity contribution in [1.82, 2.24) is 9.55 Å². The van der Waals surface area contributed by atoms with Crippen LogP contribution in [0.2, 0.25) is 0 Å². The Morgan fingerprint density at radius 3 is 2.02 bits per heavy atom. The van der Waals surface area contributed by atoms with E-state index in [1.54, 1.807) is 0 Å². The molecule has 0 atom stereocenters. The molecule has 3 heteroatoms. The molecule has 0 saturated heterocycles. The molecule has 0 aliphatic rings. The van der Waals surface area contributed by atoms with Crippen LogP contribution in [0.1, 0.15) is 0 Å². The van der Waals surface area contributed by atoms with Gasteiger partial charge in [0.15, 0.2) is 0 Å². The molecule has 3 nitrogen and oxygen atoms in total. The molecular weight excluding hydrogens is 585 g/mol. The Labute approximate surface area is 277 Å². The molecule has 0 N–H and O–H groups in total. The minimum Gasteiger partial charge on any atom is -0.455 e. The second-order valence-corrected chi connectivity index (χ2v) is 12.4. The molecule has 0 saturated carbocycles. The van der Waals surface area contributed by atoms with Crippen molar-refractivity contribution in [3.8, 4) is 39.3 Å². The molecule has 8 aromatic carbocycles. The first-order valence-electron chi connectivity index (χ1n) is 16.3. The maximum absolute atomic E-state index is 6.53. The van der Waals surface area contributed by atoms with Crippen molar-refractivity contribution >= 4 is 54.5 Å². The first-order chi connectivity index (χ1) is 23.8. The van der Waals surface area contributed by atoms with E-state index < -0.39 is 0 Å². The maximum Gasteiger partial charge on any atom is 0.145 e. The fourth-order valence-corrected chi connectivity index (χ4v) is 7.28. The van der Waals surface area contributed by atoms with Crippen molar-refractivity contribution in [3.63, 3.8) is 0 Å². The standard InChI is InChI=1S/C45H28N2O/c1-2-11-29(12-3-1)45-46-40-18-7-8-19-41(40)47(45)36-15-10-14-30(27-36)31-21-22-33-26-35(24-23-32(33)25-31)43-37-16-5-4-13-34(37)28-39-38-17-6-9-20-42(38)48-44(39)43/h1-28H. The molecule has 10 rings (SSSR count). The molecule has 0 aliphatic heterocycles. The summed E-state index contributed by atoms with van der Waals surface area (Å²) in [6.45, 7) is 0. The minimum atomic E-state index is 0.913. The quantitative estimate of drug-likeness (QED) is 0.198. The van der Waals surface area contributed by atoms with Crippen LogP contribution in [-0.4, -0.2) is 9.55 Å². The van der Waals surface area contributed by atoms with E-state index >= 15 is 0 Å². The summed E-state index contributed by atoms with van der Waals surface area (Å²) in [5.41, 5.74) is 10.7. The number of hydrogen-bond acceptors (Lipinski definition) is 2. The normalized spacial score (nSPS) is 11.8. The Balaban J connectivity index is 1.10. The Kier molecular flexibility index (Phi) is 5.87. The third-order valence-electron chi connectivity index (χ3n) is 9.55. The zero-order chi connectivity index (χ0) is 31.6. The second-order valence-electron chi connectivity index (χ2n) is 12.4. The van der Waals surface area contributed by atoms with E-state index in [4.69, 9.17) is 9.40 Å². The van der Waals surface area contributed by atoms with Gasteiger partial charge in [0.2, 0.25) is 0 Å². The molecule has 224 valence electrons. The molecule has 10 aromatic rings. The smallest absolute Gasteiger partial charge is 0.145 e. The molecule has 0 amide bonds. The van der Waals surface area contributed by atoms with Crippen LogP contribution in [0.15, 0.2) is 174 Å². The third kappa shape index (κ3) is 4.18. The first kappa shape index (κ1) is 26.7. The minimum absolute atomic E-state index is 0.913. The van der Waals surface area contributed by atoms with Crippen molar-refractivity contribution in [2.24, 2.45) is 0 Å². The highest BCUT2D eigenvalue weighted by molar-refractivity contribution is 6.18. The highest BCUT2D eigenvalue weighted by atomic mass is 16.3. The molecular formula is C45H28N2O. The number of furan rings is 1.